The van der Waals surface area contributed by atoms with Crippen molar-refractivity contribution in [3.8, 4) is 0 Å². The highest BCUT2D eigenvalue weighted by molar-refractivity contribution is 9.10. The van der Waals surface area contributed by atoms with E-state index in [1.807, 2.05) is 43.3 Å². The molecule has 2 rings (SSSR count). The van der Waals surface area contributed by atoms with Gasteiger partial charge >= 0.3 is 0 Å². The van der Waals surface area contributed by atoms with Gasteiger partial charge in [-0.3, -0.25) is 4.79 Å². The number of halogens is 1. The van der Waals surface area contributed by atoms with Gasteiger partial charge in [-0.05, 0) is 48.7 Å². The monoisotopic (exact) mass is 416 g/mol. The summed E-state index contributed by atoms with van der Waals surface area (Å²) in [5.74, 6) is 0.724. The summed E-state index contributed by atoms with van der Waals surface area (Å²) < 4.78 is 1.06. The molecule has 138 valence electrons. The molecular formula is C20H25BrN4O. The van der Waals surface area contributed by atoms with Gasteiger partial charge in [-0.1, -0.05) is 40.2 Å². The Morgan fingerprint density at radius 3 is 2.54 bits per heavy atom. The van der Waals surface area contributed by atoms with Crippen LogP contribution in [0.15, 0.2) is 58.0 Å². The standard InChI is InChI=1S/C20H25BrN4O/c1-3-23-20(25-14-16-7-9-18(21)10-8-16)24-12-11-15-5-4-6-17(13-15)19(26)22-2/h4-10,13H,3,11-12,14H2,1-2H3,(H,22,26)(H2,23,24,25). The van der Waals surface area contributed by atoms with Gasteiger partial charge in [0.05, 0.1) is 6.54 Å². The maximum absolute atomic E-state index is 11.7. The Morgan fingerprint density at radius 2 is 1.85 bits per heavy atom. The van der Waals surface area contributed by atoms with Crippen molar-refractivity contribution in [2.24, 2.45) is 4.99 Å². The number of benzene rings is 2. The molecule has 0 spiro atoms. The molecule has 0 aliphatic carbocycles. The SMILES string of the molecule is CCNC(=NCc1ccc(Br)cc1)NCCc1cccc(C(=O)NC)c1. The van der Waals surface area contributed by atoms with E-state index >= 15 is 0 Å². The van der Waals surface area contributed by atoms with E-state index in [1.165, 1.54) is 0 Å². The quantitative estimate of drug-likeness (QED) is 0.479. The summed E-state index contributed by atoms with van der Waals surface area (Å²) in [6.45, 7) is 4.21. The first-order valence-electron chi connectivity index (χ1n) is 8.70. The fourth-order valence-corrected chi connectivity index (χ4v) is 2.70. The Balaban J connectivity index is 1.90. The van der Waals surface area contributed by atoms with Crippen LogP contribution in [0.1, 0.15) is 28.4 Å². The zero-order valence-electron chi connectivity index (χ0n) is 15.2. The highest BCUT2D eigenvalue weighted by Gasteiger charge is 2.04. The minimum absolute atomic E-state index is 0.0655. The van der Waals surface area contributed by atoms with Gasteiger partial charge in [-0.25, -0.2) is 4.99 Å². The molecule has 0 aromatic heterocycles. The minimum Gasteiger partial charge on any atom is -0.357 e. The number of hydrogen-bond donors (Lipinski definition) is 3. The first-order chi connectivity index (χ1) is 12.6. The summed E-state index contributed by atoms with van der Waals surface area (Å²) in [5, 5.41) is 9.25. The van der Waals surface area contributed by atoms with Crippen molar-refractivity contribution in [1.82, 2.24) is 16.0 Å². The van der Waals surface area contributed by atoms with Crippen molar-refractivity contribution in [1.29, 1.82) is 0 Å². The third kappa shape index (κ3) is 6.52. The largest absolute Gasteiger partial charge is 0.357 e. The molecule has 0 atom stereocenters. The molecule has 1 amide bonds. The molecule has 0 bridgehead atoms. The Hall–Kier alpha value is -2.34. The minimum atomic E-state index is -0.0655. The summed E-state index contributed by atoms with van der Waals surface area (Å²) in [5.41, 5.74) is 2.95. The highest BCUT2D eigenvalue weighted by Crippen LogP contribution is 2.11. The lowest BCUT2D eigenvalue weighted by atomic mass is 10.1. The van der Waals surface area contributed by atoms with Crippen LogP contribution < -0.4 is 16.0 Å². The van der Waals surface area contributed by atoms with Crippen LogP contribution in [-0.4, -0.2) is 32.0 Å². The van der Waals surface area contributed by atoms with E-state index in [2.05, 4.69) is 49.0 Å². The van der Waals surface area contributed by atoms with Crippen molar-refractivity contribution in [2.75, 3.05) is 20.1 Å². The average Bonchev–Trinajstić information content (AvgIpc) is 2.67. The van der Waals surface area contributed by atoms with Crippen LogP contribution in [0.2, 0.25) is 0 Å². The van der Waals surface area contributed by atoms with Gasteiger partial charge in [0.25, 0.3) is 5.91 Å². The van der Waals surface area contributed by atoms with Crippen molar-refractivity contribution >= 4 is 27.8 Å². The van der Waals surface area contributed by atoms with E-state index in [4.69, 9.17) is 0 Å². The van der Waals surface area contributed by atoms with Crippen LogP contribution in [0, 0.1) is 0 Å². The molecule has 0 saturated heterocycles. The maximum Gasteiger partial charge on any atom is 0.251 e. The number of amides is 1. The van der Waals surface area contributed by atoms with Gasteiger partial charge in [0.1, 0.15) is 0 Å². The molecule has 0 heterocycles. The van der Waals surface area contributed by atoms with Gasteiger partial charge < -0.3 is 16.0 Å². The summed E-state index contributed by atoms with van der Waals surface area (Å²) in [6.07, 6.45) is 0.813. The van der Waals surface area contributed by atoms with Crippen LogP contribution in [0.25, 0.3) is 0 Å². The predicted octanol–water partition coefficient (Wildman–Crippen LogP) is 3.11. The molecule has 26 heavy (non-hydrogen) atoms. The molecule has 5 nitrogen and oxygen atoms in total. The van der Waals surface area contributed by atoms with Crippen molar-refractivity contribution in [3.63, 3.8) is 0 Å². The van der Waals surface area contributed by atoms with Crippen LogP contribution in [0.3, 0.4) is 0 Å². The van der Waals surface area contributed by atoms with Crippen LogP contribution in [0.5, 0.6) is 0 Å². The van der Waals surface area contributed by atoms with Gasteiger partial charge in [0.15, 0.2) is 5.96 Å². The van der Waals surface area contributed by atoms with E-state index in [0.717, 1.165) is 41.1 Å². The number of nitrogens with one attached hydrogen (secondary N) is 3. The normalized spacial score (nSPS) is 11.1. The van der Waals surface area contributed by atoms with Crippen LogP contribution in [-0.2, 0) is 13.0 Å². The molecule has 2 aromatic carbocycles. The number of rotatable bonds is 7. The van der Waals surface area contributed by atoms with Crippen molar-refractivity contribution < 1.29 is 4.79 Å². The highest BCUT2D eigenvalue weighted by atomic mass is 79.9. The van der Waals surface area contributed by atoms with E-state index in [0.29, 0.717) is 12.1 Å². The lowest BCUT2D eigenvalue weighted by Crippen LogP contribution is -2.38. The Labute approximate surface area is 163 Å². The molecule has 3 N–H and O–H groups in total. The van der Waals surface area contributed by atoms with Gasteiger partial charge in [-0.15, -0.1) is 0 Å². The molecule has 0 saturated carbocycles. The average molecular weight is 417 g/mol. The first kappa shape index (κ1) is 20.0. The number of aliphatic imine (C=N–C) groups is 1. The smallest absolute Gasteiger partial charge is 0.251 e. The van der Waals surface area contributed by atoms with Crippen LogP contribution in [0.4, 0.5) is 0 Å². The third-order valence-corrected chi connectivity index (χ3v) is 4.33. The molecule has 0 radical (unpaired) electrons. The van der Waals surface area contributed by atoms with E-state index in [9.17, 15) is 4.79 Å². The maximum atomic E-state index is 11.7. The first-order valence-corrected chi connectivity index (χ1v) is 9.49. The number of carbonyl (C=O) groups excluding carboxylic acids is 1. The topological polar surface area (TPSA) is 65.5 Å². The lowest BCUT2D eigenvalue weighted by molar-refractivity contribution is 0.0963. The van der Waals surface area contributed by atoms with E-state index in [1.54, 1.807) is 7.05 Å². The molecule has 0 fully saturated rings. The van der Waals surface area contributed by atoms with Crippen LogP contribution >= 0.6 is 15.9 Å². The van der Waals surface area contributed by atoms with Gasteiger partial charge in [0, 0.05) is 30.2 Å². The van der Waals surface area contributed by atoms with Crippen molar-refractivity contribution in [2.45, 2.75) is 19.9 Å². The van der Waals surface area contributed by atoms with E-state index < -0.39 is 0 Å². The fourth-order valence-electron chi connectivity index (χ4n) is 2.44. The summed E-state index contributed by atoms with van der Waals surface area (Å²) in [4.78, 5) is 16.3. The zero-order chi connectivity index (χ0) is 18.8. The molecule has 2 aromatic rings. The predicted molar refractivity (Wildman–Crippen MR) is 110 cm³/mol. The molecular weight excluding hydrogens is 392 g/mol. The third-order valence-electron chi connectivity index (χ3n) is 3.80. The Bertz CT molecular complexity index is 744. The zero-order valence-corrected chi connectivity index (χ0v) is 16.8. The fraction of sp³-hybridized carbons (Fsp3) is 0.300. The number of nitrogens with zero attached hydrogens (tertiary/aromatic N) is 1. The summed E-state index contributed by atoms with van der Waals surface area (Å²) in [7, 11) is 1.64. The second-order valence-corrected chi connectivity index (χ2v) is 6.69. The molecule has 6 heteroatoms. The van der Waals surface area contributed by atoms with Crippen molar-refractivity contribution in [3.05, 3.63) is 69.7 Å². The number of hydrogen-bond acceptors (Lipinski definition) is 2. The van der Waals surface area contributed by atoms with E-state index in [-0.39, 0.29) is 5.91 Å². The Morgan fingerprint density at radius 1 is 1.08 bits per heavy atom. The lowest BCUT2D eigenvalue weighted by Gasteiger charge is -2.12. The summed E-state index contributed by atoms with van der Waals surface area (Å²) in [6, 6.07) is 15.8. The van der Waals surface area contributed by atoms with Gasteiger partial charge in [-0.2, -0.15) is 0 Å². The number of carbonyl (C=O) groups is 1. The second-order valence-electron chi connectivity index (χ2n) is 5.78. The second kappa shape index (κ2) is 10.6. The molecule has 0 unspecified atom stereocenters. The van der Waals surface area contributed by atoms with Gasteiger partial charge in [0.2, 0.25) is 0 Å². The molecule has 0 aliphatic heterocycles. The number of guanidine groups is 1. The Kier molecular flexibility index (Phi) is 8.15. The molecule has 0 aliphatic rings. The summed E-state index contributed by atoms with van der Waals surface area (Å²) >= 11 is 3.44.